The van der Waals surface area contributed by atoms with Crippen molar-refractivity contribution >= 4 is 27.8 Å². The molecular weight excluding hydrogens is 302 g/mol. The predicted molar refractivity (Wildman–Crippen MR) is 67.3 cm³/mol. The van der Waals surface area contributed by atoms with E-state index >= 15 is 0 Å². The van der Waals surface area contributed by atoms with E-state index in [1.54, 1.807) is 11.0 Å². The average Bonchev–Trinajstić information content (AvgIpc) is 2.95. The van der Waals surface area contributed by atoms with Gasteiger partial charge in [-0.05, 0) is 34.8 Å². The quantitative estimate of drug-likeness (QED) is 0.929. The third kappa shape index (κ3) is 2.05. The fraction of sp³-hybridized carbons (Fsp3) is 0.500. The van der Waals surface area contributed by atoms with E-state index in [9.17, 15) is 14.7 Å². The Morgan fingerprint density at radius 3 is 2.78 bits per heavy atom. The molecule has 1 aliphatic rings. The van der Waals surface area contributed by atoms with Crippen molar-refractivity contribution in [1.82, 2.24) is 4.90 Å². The number of carboxylic acid groups (broad SMARTS) is 1. The Hall–Kier alpha value is -1.30. The van der Waals surface area contributed by atoms with Gasteiger partial charge in [-0.2, -0.15) is 0 Å². The van der Waals surface area contributed by atoms with Gasteiger partial charge in [-0.1, -0.05) is 6.92 Å². The number of amides is 1. The molecular formula is C12H14BrNO4. The molecule has 98 valence electrons. The van der Waals surface area contributed by atoms with Gasteiger partial charge in [0.2, 0.25) is 0 Å². The Morgan fingerprint density at radius 1 is 1.61 bits per heavy atom. The summed E-state index contributed by atoms with van der Waals surface area (Å²) >= 11 is 3.16. The van der Waals surface area contributed by atoms with Gasteiger partial charge in [-0.25, -0.2) is 0 Å². The van der Waals surface area contributed by atoms with Gasteiger partial charge in [0.05, 0.1) is 17.2 Å². The van der Waals surface area contributed by atoms with Gasteiger partial charge < -0.3 is 14.4 Å². The highest BCUT2D eigenvalue weighted by Crippen LogP contribution is 2.35. The minimum atomic E-state index is -0.827. The molecule has 2 rings (SSSR count). The minimum absolute atomic E-state index is 0.188. The molecule has 0 saturated carbocycles. The number of furan rings is 1. The van der Waals surface area contributed by atoms with Crippen LogP contribution in [0.25, 0.3) is 0 Å². The van der Waals surface area contributed by atoms with Crippen LogP contribution in [0.3, 0.4) is 0 Å². The fourth-order valence-electron chi connectivity index (χ4n) is 2.28. The van der Waals surface area contributed by atoms with E-state index in [0.717, 1.165) is 0 Å². The number of halogens is 1. The molecule has 1 amide bonds. The summed E-state index contributed by atoms with van der Waals surface area (Å²) in [6.45, 7) is 2.57. The van der Waals surface area contributed by atoms with Crippen molar-refractivity contribution in [2.75, 3.05) is 13.1 Å². The van der Waals surface area contributed by atoms with Gasteiger partial charge in [-0.3, -0.25) is 9.59 Å². The molecule has 0 aromatic carbocycles. The lowest BCUT2D eigenvalue weighted by Gasteiger charge is -2.22. The maximum absolute atomic E-state index is 12.2. The first-order valence-corrected chi connectivity index (χ1v) is 6.55. The minimum Gasteiger partial charge on any atom is -0.481 e. The summed E-state index contributed by atoms with van der Waals surface area (Å²) < 4.78 is 5.41. The van der Waals surface area contributed by atoms with Crippen molar-refractivity contribution < 1.29 is 19.1 Å². The largest absolute Gasteiger partial charge is 0.481 e. The zero-order valence-corrected chi connectivity index (χ0v) is 11.6. The van der Waals surface area contributed by atoms with E-state index in [-0.39, 0.29) is 12.5 Å². The predicted octanol–water partition coefficient (Wildman–Crippen LogP) is 2.37. The van der Waals surface area contributed by atoms with E-state index < -0.39 is 11.4 Å². The van der Waals surface area contributed by atoms with E-state index in [1.165, 1.54) is 6.26 Å². The van der Waals surface area contributed by atoms with Gasteiger partial charge in [0.1, 0.15) is 0 Å². The van der Waals surface area contributed by atoms with Crippen LogP contribution in [-0.4, -0.2) is 35.0 Å². The number of carbonyl (C=O) groups excluding carboxylic acids is 1. The van der Waals surface area contributed by atoms with Crippen molar-refractivity contribution in [3.8, 4) is 0 Å². The first-order chi connectivity index (χ1) is 8.50. The summed E-state index contributed by atoms with van der Waals surface area (Å²) in [6.07, 6.45) is 2.45. The average molecular weight is 316 g/mol. The second-order valence-corrected chi connectivity index (χ2v) is 5.24. The monoisotopic (exact) mass is 315 g/mol. The Bertz CT molecular complexity index is 484. The third-order valence-electron chi connectivity index (χ3n) is 3.62. The Morgan fingerprint density at radius 2 is 2.33 bits per heavy atom. The van der Waals surface area contributed by atoms with Crippen LogP contribution in [0.4, 0.5) is 0 Å². The molecule has 1 atom stereocenters. The van der Waals surface area contributed by atoms with E-state index in [0.29, 0.717) is 29.6 Å². The first-order valence-electron chi connectivity index (χ1n) is 5.76. The topological polar surface area (TPSA) is 70.8 Å². The summed E-state index contributed by atoms with van der Waals surface area (Å²) in [6, 6.07) is 1.58. The van der Waals surface area contributed by atoms with Crippen molar-refractivity contribution in [2.24, 2.45) is 5.41 Å². The van der Waals surface area contributed by atoms with Gasteiger partial charge in [0.15, 0.2) is 4.67 Å². The number of rotatable bonds is 3. The highest BCUT2D eigenvalue weighted by Gasteiger charge is 2.45. The van der Waals surface area contributed by atoms with Crippen LogP contribution in [0.2, 0.25) is 0 Å². The van der Waals surface area contributed by atoms with Crippen LogP contribution in [0.5, 0.6) is 0 Å². The number of nitrogens with zero attached hydrogens (tertiary/aromatic N) is 1. The number of aliphatic carboxylic acids is 1. The second kappa shape index (κ2) is 4.76. The number of likely N-dealkylation sites (tertiary alicyclic amines) is 1. The molecule has 2 heterocycles. The number of carboxylic acids is 1. The van der Waals surface area contributed by atoms with Crippen molar-refractivity contribution in [2.45, 2.75) is 19.8 Å². The van der Waals surface area contributed by atoms with Crippen molar-refractivity contribution in [3.05, 3.63) is 22.6 Å². The molecule has 1 aliphatic heterocycles. The molecule has 18 heavy (non-hydrogen) atoms. The summed E-state index contributed by atoms with van der Waals surface area (Å²) in [4.78, 5) is 25.1. The van der Waals surface area contributed by atoms with Gasteiger partial charge in [0, 0.05) is 13.1 Å². The lowest BCUT2D eigenvalue weighted by Crippen LogP contribution is -2.36. The molecule has 1 N–H and O–H groups in total. The molecule has 0 spiro atoms. The molecule has 1 saturated heterocycles. The zero-order chi connectivity index (χ0) is 13.3. The molecule has 1 aromatic rings. The normalized spacial score (nSPS) is 23.3. The zero-order valence-electron chi connectivity index (χ0n) is 9.98. The summed E-state index contributed by atoms with van der Waals surface area (Å²) in [5, 5.41) is 9.28. The molecule has 0 radical (unpaired) electrons. The molecule has 1 aromatic heterocycles. The van der Waals surface area contributed by atoms with Crippen LogP contribution in [0.15, 0.2) is 21.4 Å². The molecule has 1 unspecified atom stereocenters. The summed E-state index contributed by atoms with van der Waals surface area (Å²) in [5.41, 5.74) is -0.362. The smallest absolute Gasteiger partial charge is 0.311 e. The van der Waals surface area contributed by atoms with E-state index in [1.807, 2.05) is 6.92 Å². The summed E-state index contributed by atoms with van der Waals surface area (Å²) in [7, 11) is 0. The molecule has 6 heteroatoms. The maximum Gasteiger partial charge on any atom is 0.311 e. The Balaban J connectivity index is 2.17. The second-order valence-electron chi connectivity index (χ2n) is 4.52. The molecule has 5 nitrogen and oxygen atoms in total. The SMILES string of the molecule is CCC1(C(=O)O)CCN(C(=O)c2ccoc2Br)C1. The van der Waals surface area contributed by atoms with Crippen LogP contribution in [0.1, 0.15) is 30.1 Å². The van der Waals surface area contributed by atoms with Gasteiger partial charge >= 0.3 is 5.97 Å². The lowest BCUT2D eigenvalue weighted by molar-refractivity contribution is -0.148. The first kappa shape index (κ1) is 13.1. The Kier molecular flexibility index (Phi) is 3.47. The van der Waals surface area contributed by atoms with E-state index in [2.05, 4.69) is 15.9 Å². The number of hydrogen-bond acceptors (Lipinski definition) is 3. The lowest BCUT2D eigenvalue weighted by atomic mass is 9.84. The molecule has 0 aliphatic carbocycles. The summed E-state index contributed by atoms with van der Waals surface area (Å²) in [5.74, 6) is -1.02. The van der Waals surface area contributed by atoms with Crippen LogP contribution >= 0.6 is 15.9 Å². The molecule has 1 fully saturated rings. The van der Waals surface area contributed by atoms with Crippen LogP contribution < -0.4 is 0 Å². The maximum atomic E-state index is 12.2. The standard InChI is InChI=1S/C12H14BrNO4/c1-2-12(11(16)17)4-5-14(7-12)10(15)8-3-6-18-9(8)13/h3,6H,2,4-5,7H2,1H3,(H,16,17). The number of hydrogen-bond donors (Lipinski definition) is 1. The highest BCUT2D eigenvalue weighted by molar-refractivity contribution is 9.10. The van der Waals surface area contributed by atoms with Crippen LogP contribution in [-0.2, 0) is 4.79 Å². The van der Waals surface area contributed by atoms with E-state index in [4.69, 9.17) is 4.42 Å². The van der Waals surface area contributed by atoms with Gasteiger partial charge in [-0.15, -0.1) is 0 Å². The van der Waals surface area contributed by atoms with Crippen LogP contribution in [0, 0.1) is 5.41 Å². The fourth-order valence-corrected chi connectivity index (χ4v) is 2.69. The highest BCUT2D eigenvalue weighted by atomic mass is 79.9. The Labute approximate surface area is 113 Å². The number of carbonyl (C=O) groups is 2. The third-order valence-corrected chi connectivity index (χ3v) is 4.23. The van der Waals surface area contributed by atoms with Gasteiger partial charge in [0.25, 0.3) is 5.91 Å². The van der Waals surface area contributed by atoms with Crippen molar-refractivity contribution in [1.29, 1.82) is 0 Å². The van der Waals surface area contributed by atoms with Crippen molar-refractivity contribution in [3.63, 3.8) is 0 Å². The molecule has 0 bridgehead atoms.